The van der Waals surface area contributed by atoms with Gasteiger partial charge in [0.05, 0.1) is 5.56 Å². The van der Waals surface area contributed by atoms with Gasteiger partial charge in [0.2, 0.25) is 0 Å². The number of aromatic nitrogens is 1. The van der Waals surface area contributed by atoms with Gasteiger partial charge in [-0.05, 0) is 12.1 Å². The van der Waals surface area contributed by atoms with E-state index < -0.39 is 24.4 Å². The number of hydrogen-bond acceptors (Lipinski definition) is 4. The second-order valence-electron chi connectivity index (χ2n) is 3.43. The zero-order valence-corrected chi connectivity index (χ0v) is 9.19. The fourth-order valence-corrected chi connectivity index (χ4v) is 1.26. The molecule has 0 aromatic carbocycles. The third-order valence-electron chi connectivity index (χ3n) is 2.02. The highest BCUT2D eigenvalue weighted by Crippen LogP contribution is 2.30. The number of carbonyl (C=O) groups is 1. The van der Waals surface area contributed by atoms with E-state index in [0.717, 1.165) is 11.0 Å². The van der Waals surface area contributed by atoms with Gasteiger partial charge in [0.15, 0.2) is 0 Å². The van der Waals surface area contributed by atoms with E-state index in [1.165, 1.54) is 7.05 Å². The Kier molecular flexibility index (Phi) is 3.76. The molecule has 0 saturated carbocycles. The number of carboxylic acids is 1. The molecule has 1 heterocycles. The first-order valence-corrected chi connectivity index (χ1v) is 4.67. The van der Waals surface area contributed by atoms with Crippen LogP contribution in [0.4, 0.5) is 19.0 Å². The fourth-order valence-electron chi connectivity index (χ4n) is 1.26. The van der Waals surface area contributed by atoms with Crippen molar-refractivity contribution in [3.05, 3.63) is 23.4 Å². The second-order valence-corrected chi connectivity index (χ2v) is 3.43. The zero-order valence-electron chi connectivity index (χ0n) is 9.19. The van der Waals surface area contributed by atoms with Crippen molar-refractivity contribution < 1.29 is 23.1 Å². The fraction of sp³-hybridized carbons (Fsp3) is 0.300. The van der Waals surface area contributed by atoms with Crippen molar-refractivity contribution >= 4 is 11.8 Å². The Hall–Kier alpha value is -2.30. The SMILES string of the molecule is CN(CC(=O)O)c1nc(C(F)(F)F)ccc1C#N. The highest BCUT2D eigenvalue weighted by atomic mass is 19.4. The first-order chi connectivity index (χ1) is 8.25. The van der Waals surface area contributed by atoms with Crippen molar-refractivity contribution in [1.82, 2.24) is 4.98 Å². The van der Waals surface area contributed by atoms with Crippen LogP contribution in [-0.2, 0) is 11.0 Å². The zero-order chi connectivity index (χ0) is 13.9. The predicted molar refractivity (Wildman–Crippen MR) is 54.9 cm³/mol. The van der Waals surface area contributed by atoms with E-state index in [9.17, 15) is 18.0 Å². The molecule has 0 aliphatic carbocycles. The maximum absolute atomic E-state index is 12.4. The molecule has 0 radical (unpaired) electrons. The summed E-state index contributed by atoms with van der Waals surface area (Å²) in [5.41, 5.74) is -1.29. The van der Waals surface area contributed by atoms with Crippen molar-refractivity contribution in [3.8, 4) is 6.07 Å². The average Bonchev–Trinajstić information content (AvgIpc) is 2.26. The number of rotatable bonds is 3. The molecule has 0 bridgehead atoms. The number of nitrogens with zero attached hydrogens (tertiary/aromatic N) is 3. The van der Waals surface area contributed by atoms with E-state index in [0.29, 0.717) is 6.07 Å². The molecule has 8 heteroatoms. The third-order valence-corrected chi connectivity index (χ3v) is 2.02. The van der Waals surface area contributed by atoms with Crippen molar-refractivity contribution in [2.45, 2.75) is 6.18 Å². The smallest absolute Gasteiger partial charge is 0.433 e. The molecule has 0 spiro atoms. The summed E-state index contributed by atoms with van der Waals surface area (Å²) in [7, 11) is 1.25. The quantitative estimate of drug-likeness (QED) is 0.889. The average molecular weight is 259 g/mol. The molecule has 0 aliphatic rings. The van der Waals surface area contributed by atoms with E-state index in [1.54, 1.807) is 6.07 Å². The Balaban J connectivity index is 3.23. The van der Waals surface area contributed by atoms with Crippen molar-refractivity contribution in [2.24, 2.45) is 0 Å². The van der Waals surface area contributed by atoms with Gasteiger partial charge >= 0.3 is 12.1 Å². The number of aliphatic carboxylic acids is 1. The molecular formula is C10H8F3N3O2. The van der Waals surface area contributed by atoms with Gasteiger partial charge in [-0.25, -0.2) is 4.98 Å². The van der Waals surface area contributed by atoms with Gasteiger partial charge in [0.1, 0.15) is 24.1 Å². The first kappa shape index (κ1) is 13.8. The lowest BCUT2D eigenvalue weighted by Gasteiger charge is -2.18. The Labute approximate surface area is 100 Å². The molecule has 18 heavy (non-hydrogen) atoms. The minimum absolute atomic E-state index is 0.119. The lowest BCUT2D eigenvalue weighted by atomic mass is 10.2. The summed E-state index contributed by atoms with van der Waals surface area (Å²) in [4.78, 5) is 14.7. The van der Waals surface area contributed by atoms with Crippen LogP contribution in [0, 0.1) is 11.3 Å². The van der Waals surface area contributed by atoms with E-state index in [2.05, 4.69) is 4.98 Å². The van der Waals surface area contributed by atoms with E-state index in [1.807, 2.05) is 0 Å². The van der Waals surface area contributed by atoms with E-state index >= 15 is 0 Å². The Morgan fingerprint density at radius 1 is 1.56 bits per heavy atom. The molecule has 96 valence electrons. The molecule has 0 unspecified atom stereocenters. The number of alkyl halides is 3. The minimum Gasteiger partial charge on any atom is -0.480 e. The highest BCUT2D eigenvalue weighted by molar-refractivity contribution is 5.73. The molecule has 0 aliphatic heterocycles. The molecule has 0 fully saturated rings. The van der Waals surface area contributed by atoms with Crippen LogP contribution < -0.4 is 4.90 Å². The van der Waals surface area contributed by atoms with Crippen LogP contribution >= 0.6 is 0 Å². The van der Waals surface area contributed by atoms with Crippen LogP contribution in [0.25, 0.3) is 0 Å². The molecule has 1 aromatic rings. The van der Waals surface area contributed by atoms with E-state index in [4.69, 9.17) is 10.4 Å². The summed E-state index contributed by atoms with van der Waals surface area (Å²) in [5, 5.41) is 17.3. The molecule has 0 amide bonds. The van der Waals surface area contributed by atoms with Crippen LogP contribution in [0.3, 0.4) is 0 Å². The van der Waals surface area contributed by atoms with Gasteiger partial charge < -0.3 is 10.0 Å². The predicted octanol–water partition coefficient (Wildman–Crippen LogP) is 1.49. The number of carboxylic acid groups (broad SMARTS) is 1. The topological polar surface area (TPSA) is 77.2 Å². The van der Waals surface area contributed by atoms with Gasteiger partial charge in [-0.2, -0.15) is 18.4 Å². The van der Waals surface area contributed by atoms with Crippen molar-refractivity contribution in [1.29, 1.82) is 5.26 Å². The van der Waals surface area contributed by atoms with Crippen LogP contribution in [-0.4, -0.2) is 29.7 Å². The van der Waals surface area contributed by atoms with Gasteiger partial charge in [0, 0.05) is 7.05 Å². The number of halogens is 3. The van der Waals surface area contributed by atoms with Crippen LogP contribution in [0.2, 0.25) is 0 Å². The molecule has 5 nitrogen and oxygen atoms in total. The molecule has 1 rings (SSSR count). The molecule has 0 atom stereocenters. The number of likely N-dealkylation sites (N-methyl/N-ethyl adjacent to an activating group) is 1. The van der Waals surface area contributed by atoms with Crippen LogP contribution in [0.5, 0.6) is 0 Å². The van der Waals surface area contributed by atoms with Crippen LogP contribution in [0.1, 0.15) is 11.3 Å². The standard InChI is InChI=1S/C10H8F3N3O2/c1-16(5-8(17)18)9-6(4-14)2-3-7(15-9)10(11,12)13/h2-3H,5H2,1H3,(H,17,18). The number of nitriles is 1. The summed E-state index contributed by atoms with van der Waals surface area (Å²) in [6.45, 7) is -0.553. The molecule has 1 aromatic heterocycles. The van der Waals surface area contributed by atoms with Crippen molar-refractivity contribution in [2.75, 3.05) is 18.5 Å². The number of anilines is 1. The van der Waals surface area contributed by atoms with Crippen LogP contribution in [0.15, 0.2) is 12.1 Å². The lowest BCUT2D eigenvalue weighted by Crippen LogP contribution is -2.27. The Morgan fingerprint density at radius 3 is 2.61 bits per heavy atom. The Morgan fingerprint density at radius 2 is 2.17 bits per heavy atom. The summed E-state index contributed by atoms with van der Waals surface area (Å²) < 4.78 is 37.3. The maximum Gasteiger partial charge on any atom is 0.433 e. The van der Waals surface area contributed by atoms with Gasteiger partial charge in [-0.1, -0.05) is 0 Å². The minimum atomic E-state index is -4.65. The monoisotopic (exact) mass is 259 g/mol. The van der Waals surface area contributed by atoms with E-state index in [-0.39, 0.29) is 11.4 Å². The van der Waals surface area contributed by atoms with Gasteiger partial charge in [-0.15, -0.1) is 0 Å². The third kappa shape index (κ3) is 3.10. The summed E-state index contributed by atoms with van der Waals surface area (Å²) >= 11 is 0. The molecule has 0 saturated heterocycles. The molecule has 1 N–H and O–H groups in total. The lowest BCUT2D eigenvalue weighted by molar-refractivity contribution is -0.141. The highest BCUT2D eigenvalue weighted by Gasteiger charge is 2.33. The maximum atomic E-state index is 12.4. The van der Waals surface area contributed by atoms with Gasteiger partial charge in [-0.3, -0.25) is 4.79 Å². The summed E-state index contributed by atoms with van der Waals surface area (Å²) in [6.07, 6.45) is -4.65. The number of hydrogen-bond donors (Lipinski definition) is 1. The summed E-state index contributed by atoms with van der Waals surface area (Å²) in [6, 6.07) is 3.30. The molecular weight excluding hydrogens is 251 g/mol. The normalized spacial score (nSPS) is 10.8. The largest absolute Gasteiger partial charge is 0.480 e. The Bertz CT molecular complexity index is 508. The number of pyridine rings is 1. The first-order valence-electron chi connectivity index (χ1n) is 4.67. The summed E-state index contributed by atoms with van der Waals surface area (Å²) in [5.74, 6) is -1.55. The van der Waals surface area contributed by atoms with Gasteiger partial charge in [0.25, 0.3) is 0 Å². The van der Waals surface area contributed by atoms with Crippen molar-refractivity contribution in [3.63, 3.8) is 0 Å². The second kappa shape index (κ2) is 4.91.